The number of anilines is 1. The number of hydrogen-bond donors (Lipinski definition) is 2. The monoisotopic (exact) mass is 466 g/mol. The van der Waals surface area contributed by atoms with Crippen molar-refractivity contribution in [3.63, 3.8) is 0 Å². The van der Waals surface area contributed by atoms with E-state index in [0.717, 1.165) is 22.7 Å². The molecule has 31 heavy (non-hydrogen) atoms. The molecule has 2 N–H and O–H groups in total. The number of amides is 2. The van der Waals surface area contributed by atoms with Crippen LogP contribution in [0.25, 0.3) is 0 Å². The van der Waals surface area contributed by atoms with Crippen LogP contribution in [0.2, 0.25) is 5.02 Å². The van der Waals surface area contributed by atoms with Crippen LogP contribution in [0.1, 0.15) is 35.8 Å². The first kappa shape index (κ1) is 23.3. The molecular formula is C21H27ClN4O4S. The van der Waals surface area contributed by atoms with Crippen molar-refractivity contribution >= 4 is 39.1 Å². The number of carbonyl (C=O) groups excluding carboxylic acids is 2. The van der Waals surface area contributed by atoms with Crippen molar-refractivity contribution in [2.75, 3.05) is 32.0 Å². The van der Waals surface area contributed by atoms with Crippen molar-refractivity contribution in [2.24, 2.45) is 5.92 Å². The van der Waals surface area contributed by atoms with E-state index in [9.17, 15) is 18.0 Å². The summed E-state index contributed by atoms with van der Waals surface area (Å²) in [6.45, 7) is 4.93. The number of rotatable bonds is 6. The van der Waals surface area contributed by atoms with E-state index in [-0.39, 0.29) is 23.0 Å². The highest BCUT2D eigenvalue weighted by molar-refractivity contribution is 7.89. The summed E-state index contributed by atoms with van der Waals surface area (Å²) in [6, 6.07) is 6.39. The van der Waals surface area contributed by atoms with Gasteiger partial charge in [0.15, 0.2) is 0 Å². The Morgan fingerprint density at radius 3 is 2.58 bits per heavy atom. The number of aromatic amines is 1. The molecule has 3 rings (SSSR count). The summed E-state index contributed by atoms with van der Waals surface area (Å²) in [7, 11) is -2.63. The Morgan fingerprint density at radius 2 is 1.94 bits per heavy atom. The fourth-order valence-corrected chi connectivity index (χ4v) is 4.67. The van der Waals surface area contributed by atoms with Crippen LogP contribution >= 0.6 is 11.6 Å². The van der Waals surface area contributed by atoms with Gasteiger partial charge in [0.2, 0.25) is 15.9 Å². The molecule has 1 fully saturated rings. The van der Waals surface area contributed by atoms with Crippen LogP contribution in [0.3, 0.4) is 0 Å². The number of carbonyl (C=O) groups is 2. The number of benzene rings is 1. The van der Waals surface area contributed by atoms with Gasteiger partial charge in [0, 0.05) is 37.0 Å². The van der Waals surface area contributed by atoms with Gasteiger partial charge >= 0.3 is 0 Å². The lowest BCUT2D eigenvalue weighted by atomic mass is 9.99. The number of H-pyrrole nitrogens is 1. The lowest BCUT2D eigenvalue weighted by molar-refractivity contribution is -0.116. The van der Waals surface area contributed by atoms with E-state index in [1.807, 2.05) is 6.92 Å². The molecule has 1 aromatic carbocycles. The van der Waals surface area contributed by atoms with Gasteiger partial charge in [-0.3, -0.25) is 9.59 Å². The van der Waals surface area contributed by atoms with Crippen LogP contribution in [-0.2, 0) is 14.8 Å². The highest BCUT2D eigenvalue weighted by Crippen LogP contribution is 2.22. The zero-order valence-corrected chi connectivity index (χ0v) is 19.4. The number of piperidine rings is 1. The SMILES string of the molecule is Cc1ccc(NC(=O)CN(C)S(=O)(=O)c2c[nH]c(C(=O)N3CCC(C)CC3)c2)cc1Cl. The second kappa shape index (κ2) is 9.42. The molecule has 2 amide bonds. The molecule has 1 aliphatic rings. The zero-order chi connectivity index (χ0) is 22.8. The van der Waals surface area contributed by atoms with E-state index in [4.69, 9.17) is 11.6 Å². The molecular weight excluding hydrogens is 440 g/mol. The summed E-state index contributed by atoms with van der Waals surface area (Å²) >= 11 is 6.05. The number of likely N-dealkylation sites (tertiary alicyclic amines) is 1. The number of likely N-dealkylation sites (N-methyl/N-ethyl adjacent to an activating group) is 1. The molecule has 0 radical (unpaired) electrons. The Balaban J connectivity index is 1.64. The number of sulfonamides is 1. The van der Waals surface area contributed by atoms with Crippen molar-refractivity contribution in [3.05, 3.63) is 46.7 Å². The molecule has 0 spiro atoms. The number of hydrogen-bond acceptors (Lipinski definition) is 4. The first-order chi connectivity index (χ1) is 14.6. The number of aromatic nitrogens is 1. The second-order valence-electron chi connectivity index (χ2n) is 8.00. The quantitative estimate of drug-likeness (QED) is 0.682. The van der Waals surface area contributed by atoms with E-state index in [1.54, 1.807) is 23.1 Å². The van der Waals surface area contributed by atoms with Gasteiger partial charge in [-0.25, -0.2) is 8.42 Å². The van der Waals surface area contributed by atoms with E-state index in [2.05, 4.69) is 17.2 Å². The third-order valence-electron chi connectivity index (χ3n) is 5.49. The molecule has 8 nitrogen and oxygen atoms in total. The maximum absolute atomic E-state index is 12.9. The van der Waals surface area contributed by atoms with Crippen molar-refractivity contribution in [1.82, 2.24) is 14.2 Å². The van der Waals surface area contributed by atoms with Gasteiger partial charge in [0.05, 0.1) is 6.54 Å². The van der Waals surface area contributed by atoms with Crippen LogP contribution < -0.4 is 5.32 Å². The van der Waals surface area contributed by atoms with Gasteiger partial charge in [-0.15, -0.1) is 0 Å². The molecule has 0 saturated carbocycles. The van der Waals surface area contributed by atoms with Crippen LogP contribution in [0.15, 0.2) is 35.4 Å². The summed E-state index contributed by atoms with van der Waals surface area (Å²) in [6.07, 6.45) is 3.15. The van der Waals surface area contributed by atoms with Crippen LogP contribution in [-0.4, -0.2) is 61.1 Å². The predicted octanol–water partition coefficient (Wildman–Crippen LogP) is 3.11. The Bertz CT molecular complexity index is 1070. The molecule has 1 saturated heterocycles. The average Bonchev–Trinajstić information content (AvgIpc) is 3.22. The molecule has 0 bridgehead atoms. The fourth-order valence-electron chi connectivity index (χ4n) is 3.37. The highest BCUT2D eigenvalue weighted by atomic mass is 35.5. The third-order valence-corrected chi connectivity index (χ3v) is 7.68. The van der Waals surface area contributed by atoms with Gasteiger partial charge in [-0.2, -0.15) is 4.31 Å². The second-order valence-corrected chi connectivity index (χ2v) is 10.4. The summed E-state index contributed by atoms with van der Waals surface area (Å²) < 4.78 is 26.7. The van der Waals surface area contributed by atoms with E-state index in [1.165, 1.54) is 19.3 Å². The molecule has 10 heteroatoms. The maximum Gasteiger partial charge on any atom is 0.270 e. The van der Waals surface area contributed by atoms with Gasteiger partial charge in [-0.1, -0.05) is 24.6 Å². The molecule has 2 heterocycles. The van der Waals surface area contributed by atoms with Crippen LogP contribution in [0, 0.1) is 12.8 Å². The number of aryl methyl sites for hydroxylation is 1. The van der Waals surface area contributed by atoms with Gasteiger partial charge in [0.25, 0.3) is 5.91 Å². The summed E-state index contributed by atoms with van der Waals surface area (Å²) in [5, 5.41) is 3.14. The van der Waals surface area contributed by atoms with E-state index in [0.29, 0.717) is 29.7 Å². The number of halogens is 1. The zero-order valence-electron chi connectivity index (χ0n) is 17.8. The minimum absolute atomic E-state index is 0.0603. The molecule has 168 valence electrons. The third kappa shape index (κ3) is 5.47. The first-order valence-corrected chi connectivity index (χ1v) is 11.9. The standard InChI is InChI=1S/C21H27ClN4O4S/c1-14-6-8-26(9-7-14)21(28)19-11-17(12-23-19)31(29,30)25(3)13-20(27)24-16-5-4-15(2)18(22)10-16/h4-5,10-12,14,23H,6-9,13H2,1-3H3,(H,24,27). The van der Waals surface area contributed by atoms with Crippen molar-refractivity contribution in [3.8, 4) is 0 Å². The summed E-state index contributed by atoms with van der Waals surface area (Å²) in [5.74, 6) is -0.135. The van der Waals surface area contributed by atoms with E-state index < -0.39 is 15.9 Å². The first-order valence-electron chi connectivity index (χ1n) is 10.1. The van der Waals surface area contributed by atoms with Gasteiger partial charge < -0.3 is 15.2 Å². The minimum Gasteiger partial charge on any atom is -0.356 e. The Kier molecular flexibility index (Phi) is 7.08. The summed E-state index contributed by atoms with van der Waals surface area (Å²) in [5.41, 5.74) is 1.58. The number of nitrogens with zero attached hydrogens (tertiary/aromatic N) is 2. The predicted molar refractivity (Wildman–Crippen MR) is 120 cm³/mol. The molecule has 0 unspecified atom stereocenters. The topological polar surface area (TPSA) is 103 Å². The van der Waals surface area contributed by atoms with Crippen molar-refractivity contribution in [1.29, 1.82) is 0 Å². The van der Waals surface area contributed by atoms with Crippen LogP contribution in [0.4, 0.5) is 5.69 Å². The van der Waals surface area contributed by atoms with Gasteiger partial charge in [0.1, 0.15) is 10.6 Å². The normalized spacial score (nSPS) is 15.3. The van der Waals surface area contributed by atoms with Crippen molar-refractivity contribution < 1.29 is 18.0 Å². The molecule has 0 aliphatic carbocycles. The smallest absolute Gasteiger partial charge is 0.270 e. The van der Waals surface area contributed by atoms with Gasteiger partial charge in [-0.05, 0) is 49.4 Å². The molecule has 2 aromatic rings. The Labute approximate surface area is 187 Å². The Hall–Kier alpha value is -2.36. The minimum atomic E-state index is -3.95. The highest BCUT2D eigenvalue weighted by Gasteiger charge is 2.27. The average molecular weight is 467 g/mol. The van der Waals surface area contributed by atoms with Crippen LogP contribution in [0.5, 0.6) is 0 Å². The van der Waals surface area contributed by atoms with Crippen molar-refractivity contribution in [2.45, 2.75) is 31.6 Å². The Morgan fingerprint density at radius 1 is 1.26 bits per heavy atom. The van der Waals surface area contributed by atoms with E-state index >= 15 is 0 Å². The molecule has 1 aromatic heterocycles. The fraction of sp³-hybridized carbons (Fsp3) is 0.429. The molecule has 0 atom stereocenters. The lowest BCUT2D eigenvalue weighted by Crippen LogP contribution is -2.38. The maximum atomic E-state index is 12.9. The lowest BCUT2D eigenvalue weighted by Gasteiger charge is -2.29. The largest absolute Gasteiger partial charge is 0.356 e. The summed E-state index contributed by atoms with van der Waals surface area (Å²) in [4.78, 5) is 29.4. The number of nitrogens with one attached hydrogen (secondary N) is 2. The molecule has 1 aliphatic heterocycles.